The second-order valence-corrected chi connectivity index (χ2v) is 8.92. The molecule has 3 heterocycles. The van der Waals surface area contributed by atoms with Gasteiger partial charge in [0.2, 0.25) is 0 Å². The second kappa shape index (κ2) is 10.4. The average Bonchev–Trinajstić information content (AvgIpc) is 3.02. The van der Waals surface area contributed by atoms with Gasteiger partial charge in [-0.3, -0.25) is 14.7 Å². The molecule has 0 spiro atoms. The summed E-state index contributed by atoms with van der Waals surface area (Å²) in [4.78, 5) is 21.1. The lowest BCUT2D eigenvalue weighted by molar-refractivity contribution is 0.0501. The molecule has 1 aromatic heterocycles. The number of fused-ring (bicyclic) bond motifs is 2. The molecule has 1 amide bonds. The van der Waals surface area contributed by atoms with Crippen LogP contribution in [0.1, 0.15) is 27.2 Å². The minimum absolute atomic E-state index is 0.173. The molecule has 182 valence electrons. The van der Waals surface area contributed by atoms with Crippen molar-refractivity contribution in [2.45, 2.75) is 25.7 Å². The number of carbonyl (C=O) groups excluding carboxylic acids is 1. The molecule has 7 nitrogen and oxygen atoms in total. The van der Waals surface area contributed by atoms with Crippen molar-refractivity contribution in [3.05, 3.63) is 89.0 Å². The van der Waals surface area contributed by atoms with Crippen LogP contribution >= 0.6 is 0 Å². The predicted molar refractivity (Wildman–Crippen MR) is 128 cm³/mol. The van der Waals surface area contributed by atoms with Gasteiger partial charge in [0, 0.05) is 32.2 Å². The zero-order valence-electron chi connectivity index (χ0n) is 19.4. The molecule has 2 aliphatic rings. The fraction of sp³-hybridized carbons (Fsp3) is 0.333. The Balaban J connectivity index is 1.18. The van der Waals surface area contributed by atoms with E-state index >= 15 is 0 Å². The second-order valence-electron chi connectivity index (χ2n) is 8.92. The Kier molecular flexibility index (Phi) is 6.92. The van der Waals surface area contributed by atoms with Crippen molar-refractivity contribution in [3.8, 4) is 11.5 Å². The van der Waals surface area contributed by atoms with Crippen LogP contribution in [-0.2, 0) is 19.6 Å². The van der Waals surface area contributed by atoms with E-state index in [0.29, 0.717) is 42.5 Å². The number of nitrogens with zero attached hydrogens (tertiary/aromatic N) is 3. The van der Waals surface area contributed by atoms with Crippen LogP contribution in [0.5, 0.6) is 11.5 Å². The third-order valence-electron chi connectivity index (χ3n) is 6.37. The maximum absolute atomic E-state index is 13.2. The van der Waals surface area contributed by atoms with Crippen LogP contribution in [0.4, 0.5) is 4.39 Å². The number of aliphatic hydroxyl groups is 1. The highest BCUT2D eigenvalue weighted by Crippen LogP contribution is 2.29. The summed E-state index contributed by atoms with van der Waals surface area (Å²) >= 11 is 0. The maximum atomic E-state index is 13.2. The molecule has 2 aromatic carbocycles. The summed E-state index contributed by atoms with van der Waals surface area (Å²) in [6, 6.07) is 16.4. The van der Waals surface area contributed by atoms with Gasteiger partial charge < -0.3 is 19.5 Å². The summed E-state index contributed by atoms with van der Waals surface area (Å²) in [5, 5.41) is 10.8. The molecule has 0 fully saturated rings. The number of aliphatic hydroxyl groups excluding tert-OH is 1. The van der Waals surface area contributed by atoms with Crippen molar-refractivity contribution in [2.24, 2.45) is 0 Å². The number of amides is 1. The van der Waals surface area contributed by atoms with Gasteiger partial charge >= 0.3 is 0 Å². The fourth-order valence-corrected chi connectivity index (χ4v) is 4.57. The van der Waals surface area contributed by atoms with E-state index in [1.54, 1.807) is 29.2 Å². The summed E-state index contributed by atoms with van der Waals surface area (Å²) in [5.41, 5.74) is 3.70. The van der Waals surface area contributed by atoms with Crippen LogP contribution in [0.25, 0.3) is 0 Å². The first-order chi connectivity index (χ1) is 17.0. The minimum Gasteiger partial charge on any atom is -0.491 e. The lowest BCUT2D eigenvalue weighted by Gasteiger charge is -2.32. The van der Waals surface area contributed by atoms with Gasteiger partial charge in [-0.2, -0.15) is 0 Å². The smallest absolute Gasteiger partial charge is 0.257 e. The van der Waals surface area contributed by atoms with Gasteiger partial charge in [0.05, 0.1) is 30.1 Å². The predicted octanol–water partition coefficient (Wildman–Crippen LogP) is 3.05. The molecule has 2 aliphatic heterocycles. The number of hydrogen-bond donors (Lipinski definition) is 1. The molecule has 0 saturated heterocycles. The normalized spacial score (nSPS) is 16.6. The lowest BCUT2D eigenvalue weighted by Crippen LogP contribution is -2.44. The van der Waals surface area contributed by atoms with Crippen molar-refractivity contribution >= 4 is 5.91 Å². The maximum Gasteiger partial charge on any atom is 0.257 e. The Morgan fingerprint density at radius 2 is 1.94 bits per heavy atom. The average molecular weight is 478 g/mol. The summed E-state index contributed by atoms with van der Waals surface area (Å²) in [6.45, 7) is 3.35. The largest absolute Gasteiger partial charge is 0.491 e. The van der Waals surface area contributed by atoms with E-state index < -0.39 is 11.9 Å². The van der Waals surface area contributed by atoms with Gasteiger partial charge in [0.1, 0.15) is 30.5 Å². The van der Waals surface area contributed by atoms with Crippen LogP contribution in [0, 0.1) is 5.82 Å². The van der Waals surface area contributed by atoms with Crippen molar-refractivity contribution < 1.29 is 23.8 Å². The van der Waals surface area contributed by atoms with E-state index in [-0.39, 0.29) is 19.1 Å². The highest BCUT2D eigenvalue weighted by molar-refractivity contribution is 5.97. The van der Waals surface area contributed by atoms with Crippen molar-refractivity contribution in [3.63, 3.8) is 0 Å². The van der Waals surface area contributed by atoms with Crippen LogP contribution in [0.3, 0.4) is 0 Å². The summed E-state index contributed by atoms with van der Waals surface area (Å²) in [7, 11) is 0. The molecule has 1 atom stereocenters. The number of carbonyl (C=O) groups is 1. The number of pyridine rings is 1. The zero-order valence-corrected chi connectivity index (χ0v) is 19.4. The van der Waals surface area contributed by atoms with Gasteiger partial charge in [0.15, 0.2) is 0 Å². The monoisotopic (exact) mass is 477 g/mol. The minimum atomic E-state index is -0.656. The topological polar surface area (TPSA) is 75.1 Å². The van der Waals surface area contributed by atoms with Crippen molar-refractivity contribution in [2.75, 3.05) is 32.8 Å². The molecule has 35 heavy (non-hydrogen) atoms. The van der Waals surface area contributed by atoms with Crippen molar-refractivity contribution in [1.82, 2.24) is 14.8 Å². The summed E-state index contributed by atoms with van der Waals surface area (Å²) in [5.74, 6) is 0.402. The van der Waals surface area contributed by atoms with Gasteiger partial charge in [-0.15, -0.1) is 0 Å². The number of hydrogen-bond acceptors (Lipinski definition) is 6. The van der Waals surface area contributed by atoms with Crippen LogP contribution < -0.4 is 9.47 Å². The standard InChI is InChI=1S/C27H28FN3O4/c28-21-5-6-22(29-14-21)18-35-24-7-8-25-26(13-24)34-12-11-31(27(25)33)17-23(32)16-30-10-9-19-3-1-2-4-20(19)15-30/h1-8,13-14,23,32H,9-12,15-18H2. The van der Waals surface area contributed by atoms with Gasteiger partial charge in [-0.25, -0.2) is 4.39 Å². The molecule has 3 aromatic rings. The molecule has 0 bridgehead atoms. The first-order valence-electron chi connectivity index (χ1n) is 11.8. The van der Waals surface area contributed by atoms with Crippen LogP contribution in [-0.4, -0.2) is 64.7 Å². The van der Waals surface area contributed by atoms with Crippen LogP contribution in [0.15, 0.2) is 60.8 Å². The third-order valence-corrected chi connectivity index (χ3v) is 6.37. The van der Waals surface area contributed by atoms with E-state index in [1.807, 2.05) is 6.07 Å². The molecule has 0 saturated carbocycles. The number of aromatic nitrogens is 1. The highest BCUT2D eigenvalue weighted by Gasteiger charge is 2.27. The number of ether oxygens (including phenoxy) is 2. The molecular weight excluding hydrogens is 449 g/mol. The number of halogens is 1. The number of β-amino-alcohol motifs (C(OH)–C–C–N with tert-alkyl or cyclic N) is 1. The van der Waals surface area contributed by atoms with Gasteiger partial charge in [-0.1, -0.05) is 24.3 Å². The van der Waals surface area contributed by atoms with Crippen LogP contribution in [0.2, 0.25) is 0 Å². The molecule has 5 rings (SSSR count). The van der Waals surface area contributed by atoms with E-state index in [2.05, 4.69) is 28.1 Å². The molecule has 1 N–H and O–H groups in total. The van der Waals surface area contributed by atoms with E-state index in [9.17, 15) is 14.3 Å². The Bertz CT molecular complexity index is 1190. The molecule has 8 heteroatoms. The van der Waals surface area contributed by atoms with E-state index in [4.69, 9.17) is 9.47 Å². The van der Waals surface area contributed by atoms with Crippen molar-refractivity contribution in [1.29, 1.82) is 0 Å². The number of benzene rings is 2. The Labute approximate surface area is 203 Å². The quantitative estimate of drug-likeness (QED) is 0.564. The van der Waals surface area contributed by atoms with E-state index in [0.717, 1.165) is 25.7 Å². The Morgan fingerprint density at radius 3 is 2.77 bits per heavy atom. The lowest BCUT2D eigenvalue weighted by atomic mass is 10.00. The molecular formula is C27H28FN3O4. The number of rotatable bonds is 7. The van der Waals surface area contributed by atoms with Gasteiger partial charge in [-0.05, 0) is 41.8 Å². The molecule has 0 aliphatic carbocycles. The van der Waals surface area contributed by atoms with E-state index in [1.165, 1.54) is 17.2 Å². The summed E-state index contributed by atoms with van der Waals surface area (Å²) < 4.78 is 24.6. The Hall–Kier alpha value is -3.49. The summed E-state index contributed by atoms with van der Waals surface area (Å²) in [6.07, 6.45) is 1.45. The fourth-order valence-electron chi connectivity index (χ4n) is 4.57. The zero-order chi connectivity index (χ0) is 24.2. The Morgan fingerprint density at radius 1 is 1.09 bits per heavy atom. The highest BCUT2D eigenvalue weighted by atomic mass is 19.1. The first-order valence-corrected chi connectivity index (χ1v) is 11.8. The molecule has 1 unspecified atom stereocenters. The third kappa shape index (κ3) is 5.61. The first kappa shape index (κ1) is 23.3. The molecule has 0 radical (unpaired) electrons. The SMILES string of the molecule is O=C1c2ccc(OCc3ccc(F)cn3)cc2OCCN1CC(O)CN1CCc2ccccc2C1. The van der Waals surface area contributed by atoms with Gasteiger partial charge in [0.25, 0.3) is 5.91 Å².